The predicted octanol–water partition coefficient (Wildman–Crippen LogP) is 4.40. The van der Waals surface area contributed by atoms with Gasteiger partial charge in [-0.1, -0.05) is 6.07 Å². The molecular formula is C23H37N3O5. The third-order valence-corrected chi connectivity index (χ3v) is 4.41. The van der Waals surface area contributed by atoms with Crippen LogP contribution in [0, 0.1) is 0 Å². The first kappa shape index (κ1) is 24.8. The standard InChI is InChI=1S/C23H37N3O5/c1-22(2,3)30-20(27)25-17-9-7-11-19(15-17)29-14-12-24-16-18-10-8-13-26(18)21(28)31-23(4,5)6/h7,9,11,15,18,24H,8,10,12-14,16H2,1-6H3,(H,25,27). The van der Waals surface area contributed by atoms with Gasteiger partial charge in [0.25, 0.3) is 0 Å². The van der Waals surface area contributed by atoms with Crippen LogP contribution in [0.25, 0.3) is 0 Å². The van der Waals surface area contributed by atoms with E-state index in [0.29, 0.717) is 31.1 Å². The summed E-state index contributed by atoms with van der Waals surface area (Å²) in [5.74, 6) is 0.659. The largest absolute Gasteiger partial charge is 0.492 e. The lowest BCUT2D eigenvalue weighted by atomic mass is 10.2. The van der Waals surface area contributed by atoms with Crippen LogP contribution < -0.4 is 15.4 Å². The molecule has 0 saturated carbocycles. The minimum atomic E-state index is -0.553. The molecule has 8 nitrogen and oxygen atoms in total. The Morgan fingerprint density at radius 2 is 1.81 bits per heavy atom. The molecule has 31 heavy (non-hydrogen) atoms. The summed E-state index contributed by atoms with van der Waals surface area (Å²) >= 11 is 0. The fraction of sp³-hybridized carbons (Fsp3) is 0.652. The molecule has 1 aliphatic rings. The lowest BCUT2D eigenvalue weighted by Gasteiger charge is -2.28. The van der Waals surface area contributed by atoms with Crippen molar-refractivity contribution >= 4 is 17.9 Å². The molecular weight excluding hydrogens is 398 g/mol. The minimum absolute atomic E-state index is 0.135. The van der Waals surface area contributed by atoms with Crippen molar-refractivity contribution in [2.45, 2.75) is 71.6 Å². The van der Waals surface area contributed by atoms with Crippen LogP contribution in [0.1, 0.15) is 54.4 Å². The molecule has 1 aromatic carbocycles. The highest BCUT2D eigenvalue weighted by atomic mass is 16.6. The monoisotopic (exact) mass is 435 g/mol. The predicted molar refractivity (Wildman–Crippen MR) is 121 cm³/mol. The summed E-state index contributed by atoms with van der Waals surface area (Å²) in [6, 6.07) is 7.32. The van der Waals surface area contributed by atoms with Gasteiger partial charge in [-0.15, -0.1) is 0 Å². The van der Waals surface area contributed by atoms with Gasteiger partial charge in [0.05, 0.1) is 0 Å². The van der Waals surface area contributed by atoms with Crippen LogP contribution in [-0.2, 0) is 9.47 Å². The molecule has 1 atom stereocenters. The molecule has 1 unspecified atom stereocenters. The second kappa shape index (κ2) is 10.7. The second-order valence-corrected chi connectivity index (χ2v) is 9.68. The Morgan fingerprint density at radius 1 is 1.10 bits per heavy atom. The van der Waals surface area contributed by atoms with E-state index in [4.69, 9.17) is 14.2 Å². The lowest BCUT2D eigenvalue weighted by molar-refractivity contribution is 0.0226. The summed E-state index contributed by atoms with van der Waals surface area (Å²) in [4.78, 5) is 26.0. The zero-order valence-corrected chi connectivity index (χ0v) is 19.6. The molecule has 1 aliphatic heterocycles. The Kier molecular flexibility index (Phi) is 8.56. The first-order valence-electron chi connectivity index (χ1n) is 10.9. The summed E-state index contributed by atoms with van der Waals surface area (Å²) in [5.41, 5.74) is -0.431. The highest BCUT2D eigenvalue weighted by Crippen LogP contribution is 2.21. The number of likely N-dealkylation sites (tertiary alicyclic amines) is 1. The minimum Gasteiger partial charge on any atom is -0.492 e. The van der Waals surface area contributed by atoms with Crippen molar-refractivity contribution in [2.24, 2.45) is 0 Å². The first-order valence-corrected chi connectivity index (χ1v) is 10.9. The molecule has 0 aliphatic carbocycles. The Morgan fingerprint density at radius 3 is 2.48 bits per heavy atom. The summed E-state index contributed by atoms with van der Waals surface area (Å²) in [5, 5.41) is 6.06. The number of benzene rings is 1. The van der Waals surface area contributed by atoms with E-state index in [1.807, 2.05) is 58.6 Å². The van der Waals surface area contributed by atoms with E-state index in [0.717, 1.165) is 19.4 Å². The number of anilines is 1. The van der Waals surface area contributed by atoms with Gasteiger partial charge in [0.1, 0.15) is 23.6 Å². The van der Waals surface area contributed by atoms with E-state index in [2.05, 4.69) is 10.6 Å². The topological polar surface area (TPSA) is 89.1 Å². The number of hydrogen-bond donors (Lipinski definition) is 2. The Bertz CT molecular complexity index is 739. The zero-order chi connectivity index (χ0) is 23.1. The molecule has 2 amide bonds. The number of carbonyl (C=O) groups excluding carboxylic acids is 2. The third-order valence-electron chi connectivity index (χ3n) is 4.41. The van der Waals surface area contributed by atoms with Crippen LogP contribution in [0.2, 0.25) is 0 Å². The van der Waals surface area contributed by atoms with Crippen LogP contribution in [-0.4, -0.2) is 60.6 Å². The second-order valence-electron chi connectivity index (χ2n) is 9.68. The van der Waals surface area contributed by atoms with Crippen molar-refractivity contribution in [3.63, 3.8) is 0 Å². The Hall–Kier alpha value is -2.48. The molecule has 1 saturated heterocycles. The van der Waals surface area contributed by atoms with Gasteiger partial charge < -0.3 is 24.4 Å². The molecule has 174 valence electrons. The van der Waals surface area contributed by atoms with E-state index < -0.39 is 17.3 Å². The number of nitrogens with one attached hydrogen (secondary N) is 2. The van der Waals surface area contributed by atoms with Crippen molar-refractivity contribution in [3.8, 4) is 5.75 Å². The van der Waals surface area contributed by atoms with Crippen LogP contribution in [0.3, 0.4) is 0 Å². The quantitative estimate of drug-likeness (QED) is 0.617. The Balaban J connectivity index is 1.72. The number of ether oxygens (including phenoxy) is 3. The van der Waals surface area contributed by atoms with Gasteiger partial charge in [0.15, 0.2) is 0 Å². The van der Waals surface area contributed by atoms with Gasteiger partial charge in [0.2, 0.25) is 0 Å². The van der Waals surface area contributed by atoms with Crippen molar-refractivity contribution in [1.82, 2.24) is 10.2 Å². The molecule has 8 heteroatoms. The third kappa shape index (κ3) is 9.46. The molecule has 0 spiro atoms. The summed E-state index contributed by atoms with van der Waals surface area (Å²) < 4.78 is 16.5. The number of hydrogen-bond acceptors (Lipinski definition) is 6. The Labute approximate surface area is 185 Å². The number of rotatable bonds is 7. The highest BCUT2D eigenvalue weighted by molar-refractivity contribution is 5.85. The van der Waals surface area contributed by atoms with Crippen LogP contribution >= 0.6 is 0 Å². The lowest BCUT2D eigenvalue weighted by Crippen LogP contribution is -2.44. The zero-order valence-electron chi connectivity index (χ0n) is 19.6. The molecule has 0 radical (unpaired) electrons. The van der Waals surface area contributed by atoms with Gasteiger partial charge in [-0.3, -0.25) is 5.32 Å². The molecule has 1 fully saturated rings. The van der Waals surface area contributed by atoms with E-state index in [9.17, 15) is 9.59 Å². The molecule has 2 rings (SSSR count). The van der Waals surface area contributed by atoms with Crippen molar-refractivity contribution in [1.29, 1.82) is 0 Å². The maximum atomic E-state index is 12.3. The normalized spacial score (nSPS) is 16.7. The average Bonchev–Trinajstić information content (AvgIpc) is 3.07. The number of amides is 2. The van der Waals surface area contributed by atoms with Crippen LogP contribution in [0.15, 0.2) is 24.3 Å². The van der Waals surface area contributed by atoms with Crippen molar-refractivity contribution < 1.29 is 23.8 Å². The van der Waals surface area contributed by atoms with Crippen LogP contribution in [0.4, 0.5) is 15.3 Å². The van der Waals surface area contributed by atoms with Gasteiger partial charge in [-0.2, -0.15) is 0 Å². The fourth-order valence-corrected chi connectivity index (χ4v) is 3.20. The molecule has 1 aromatic rings. The molecule has 0 aromatic heterocycles. The fourth-order valence-electron chi connectivity index (χ4n) is 3.20. The van der Waals surface area contributed by atoms with E-state index in [-0.39, 0.29) is 12.1 Å². The average molecular weight is 436 g/mol. The van der Waals surface area contributed by atoms with E-state index in [1.165, 1.54) is 0 Å². The molecule has 1 heterocycles. The van der Waals surface area contributed by atoms with Gasteiger partial charge in [-0.05, 0) is 66.5 Å². The maximum absolute atomic E-state index is 12.3. The van der Waals surface area contributed by atoms with Crippen molar-refractivity contribution in [3.05, 3.63) is 24.3 Å². The summed E-state index contributed by atoms with van der Waals surface area (Å²) in [6.45, 7) is 13.6. The first-order chi connectivity index (χ1) is 14.4. The SMILES string of the molecule is CC(C)(C)OC(=O)Nc1cccc(OCCNCC2CCCN2C(=O)OC(C)(C)C)c1. The highest BCUT2D eigenvalue weighted by Gasteiger charge is 2.31. The number of carbonyl (C=O) groups is 2. The van der Waals surface area contributed by atoms with E-state index >= 15 is 0 Å². The van der Waals surface area contributed by atoms with Gasteiger partial charge in [0, 0.05) is 37.4 Å². The van der Waals surface area contributed by atoms with Crippen molar-refractivity contribution in [2.75, 3.05) is 31.6 Å². The van der Waals surface area contributed by atoms with Gasteiger partial charge in [-0.25, -0.2) is 9.59 Å². The van der Waals surface area contributed by atoms with E-state index in [1.54, 1.807) is 12.1 Å². The molecule has 0 bridgehead atoms. The molecule has 2 N–H and O–H groups in total. The smallest absolute Gasteiger partial charge is 0.412 e. The number of nitrogens with zero attached hydrogens (tertiary/aromatic N) is 1. The van der Waals surface area contributed by atoms with Crippen LogP contribution in [0.5, 0.6) is 5.75 Å². The summed E-state index contributed by atoms with van der Waals surface area (Å²) in [7, 11) is 0. The maximum Gasteiger partial charge on any atom is 0.412 e. The van der Waals surface area contributed by atoms with Gasteiger partial charge >= 0.3 is 12.2 Å². The summed E-state index contributed by atoms with van der Waals surface area (Å²) in [6.07, 6.45) is 1.20.